The molecular weight excluding hydrogens is 340 g/mol. The van der Waals surface area contributed by atoms with Crippen molar-refractivity contribution < 1.29 is 14.3 Å². The van der Waals surface area contributed by atoms with Crippen LogP contribution in [-0.2, 0) is 14.3 Å². The number of anilines is 1. The first-order chi connectivity index (χ1) is 12.0. The zero-order valence-electron chi connectivity index (χ0n) is 13.4. The van der Waals surface area contributed by atoms with Gasteiger partial charge in [0, 0.05) is 16.8 Å². The lowest BCUT2D eigenvalue weighted by Gasteiger charge is -2.12. The normalized spacial score (nSPS) is 11.6. The van der Waals surface area contributed by atoms with Crippen LogP contribution in [0.4, 0.5) is 5.69 Å². The first-order valence-electron chi connectivity index (χ1n) is 7.43. The second-order valence-corrected chi connectivity index (χ2v) is 5.58. The SMILES string of the molecule is C[C@@H](OC(=O)/C=C/c1ccc(Cl)cc1)C(=O)Nc1cccc(C#N)c1. The van der Waals surface area contributed by atoms with Crippen molar-refractivity contribution >= 4 is 35.2 Å². The fourth-order valence-electron chi connectivity index (χ4n) is 1.92. The van der Waals surface area contributed by atoms with Crippen LogP contribution >= 0.6 is 11.6 Å². The third-order valence-electron chi connectivity index (χ3n) is 3.20. The summed E-state index contributed by atoms with van der Waals surface area (Å²) in [5, 5.41) is 12.0. The molecule has 1 atom stereocenters. The van der Waals surface area contributed by atoms with E-state index in [2.05, 4.69) is 5.32 Å². The monoisotopic (exact) mass is 354 g/mol. The van der Waals surface area contributed by atoms with Gasteiger partial charge in [0.1, 0.15) is 0 Å². The molecule has 0 unspecified atom stereocenters. The highest BCUT2D eigenvalue weighted by Gasteiger charge is 2.16. The molecule has 2 aromatic rings. The fourth-order valence-corrected chi connectivity index (χ4v) is 2.04. The molecule has 126 valence electrons. The topological polar surface area (TPSA) is 79.2 Å². The summed E-state index contributed by atoms with van der Waals surface area (Å²) >= 11 is 5.79. The molecule has 0 saturated heterocycles. The molecule has 1 amide bonds. The molecule has 0 aliphatic rings. The Morgan fingerprint density at radius 1 is 1.24 bits per heavy atom. The number of hydrogen-bond donors (Lipinski definition) is 1. The predicted octanol–water partition coefficient (Wildman–Crippen LogP) is 3.80. The predicted molar refractivity (Wildman–Crippen MR) is 95.8 cm³/mol. The molecule has 5 nitrogen and oxygen atoms in total. The summed E-state index contributed by atoms with van der Waals surface area (Å²) in [6.45, 7) is 1.47. The summed E-state index contributed by atoms with van der Waals surface area (Å²) < 4.78 is 5.06. The van der Waals surface area contributed by atoms with Crippen molar-refractivity contribution in [3.05, 3.63) is 70.8 Å². The molecule has 2 rings (SSSR count). The van der Waals surface area contributed by atoms with Gasteiger partial charge in [-0.3, -0.25) is 4.79 Å². The second-order valence-electron chi connectivity index (χ2n) is 5.15. The molecule has 0 fully saturated rings. The minimum atomic E-state index is -0.979. The zero-order chi connectivity index (χ0) is 18.2. The lowest BCUT2D eigenvalue weighted by atomic mass is 10.2. The van der Waals surface area contributed by atoms with E-state index < -0.39 is 18.0 Å². The van der Waals surface area contributed by atoms with Crippen molar-refractivity contribution in [3.63, 3.8) is 0 Å². The van der Waals surface area contributed by atoms with Gasteiger partial charge in [-0.25, -0.2) is 4.79 Å². The van der Waals surface area contributed by atoms with Crippen molar-refractivity contribution in [2.45, 2.75) is 13.0 Å². The van der Waals surface area contributed by atoms with Crippen LogP contribution in [0.25, 0.3) is 6.08 Å². The average Bonchev–Trinajstić information content (AvgIpc) is 2.61. The number of nitrogens with one attached hydrogen (secondary N) is 1. The number of amides is 1. The number of benzene rings is 2. The Bertz CT molecular complexity index is 838. The maximum absolute atomic E-state index is 12.0. The van der Waals surface area contributed by atoms with Crippen molar-refractivity contribution in [1.82, 2.24) is 0 Å². The highest BCUT2D eigenvalue weighted by molar-refractivity contribution is 6.30. The first kappa shape index (κ1) is 18.2. The van der Waals surface area contributed by atoms with Gasteiger partial charge < -0.3 is 10.1 Å². The van der Waals surface area contributed by atoms with E-state index in [4.69, 9.17) is 21.6 Å². The Labute approximate surface area is 150 Å². The number of nitriles is 1. The van der Waals surface area contributed by atoms with Gasteiger partial charge in [0.05, 0.1) is 11.6 Å². The molecule has 6 heteroatoms. The van der Waals surface area contributed by atoms with Crippen molar-refractivity contribution in [2.24, 2.45) is 0 Å². The molecule has 0 aliphatic heterocycles. The van der Waals surface area contributed by atoms with E-state index in [0.29, 0.717) is 16.3 Å². The van der Waals surface area contributed by atoms with Gasteiger partial charge in [0.2, 0.25) is 0 Å². The quantitative estimate of drug-likeness (QED) is 0.654. The van der Waals surface area contributed by atoms with Crippen LogP contribution < -0.4 is 5.32 Å². The van der Waals surface area contributed by atoms with E-state index in [1.54, 1.807) is 48.5 Å². The molecule has 0 radical (unpaired) electrons. The largest absolute Gasteiger partial charge is 0.449 e. The Kier molecular flexibility index (Phi) is 6.33. The van der Waals surface area contributed by atoms with Crippen molar-refractivity contribution in [3.8, 4) is 6.07 Å². The summed E-state index contributed by atoms with van der Waals surface area (Å²) in [6.07, 6.45) is 1.83. The van der Waals surface area contributed by atoms with Crippen molar-refractivity contribution in [1.29, 1.82) is 5.26 Å². The van der Waals surface area contributed by atoms with Gasteiger partial charge in [0.25, 0.3) is 5.91 Å². The number of ether oxygens (including phenoxy) is 1. The maximum atomic E-state index is 12.0. The van der Waals surface area contributed by atoms with Gasteiger partial charge in [-0.15, -0.1) is 0 Å². The Balaban J connectivity index is 1.90. The van der Waals surface area contributed by atoms with E-state index in [0.717, 1.165) is 5.56 Å². The number of carbonyl (C=O) groups is 2. The van der Waals surface area contributed by atoms with E-state index in [-0.39, 0.29) is 0 Å². The van der Waals surface area contributed by atoms with Gasteiger partial charge in [-0.05, 0) is 48.9 Å². The molecule has 0 aliphatic carbocycles. The van der Waals surface area contributed by atoms with Crippen LogP contribution in [0, 0.1) is 11.3 Å². The smallest absolute Gasteiger partial charge is 0.331 e. The van der Waals surface area contributed by atoms with Crippen LogP contribution in [-0.4, -0.2) is 18.0 Å². The zero-order valence-corrected chi connectivity index (χ0v) is 14.2. The average molecular weight is 355 g/mol. The summed E-state index contributed by atoms with van der Waals surface area (Å²) in [4.78, 5) is 23.8. The summed E-state index contributed by atoms with van der Waals surface area (Å²) in [5.41, 5.74) is 1.67. The highest BCUT2D eigenvalue weighted by atomic mass is 35.5. The molecular formula is C19H15ClN2O3. The summed E-state index contributed by atoms with van der Waals surface area (Å²) in [6, 6.07) is 15.4. The van der Waals surface area contributed by atoms with Crippen molar-refractivity contribution in [2.75, 3.05) is 5.32 Å². The number of nitrogens with zero attached hydrogens (tertiary/aromatic N) is 1. The fraction of sp³-hybridized carbons (Fsp3) is 0.105. The van der Waals surface area contributed by atoms with Crippen LogP contribution in [0.2, 0.25) is 5.02 Å². The van der Waals surface area contributed by atoms with E-state index in [1.165, 1.54) is 19.1 Å². The first-order valence-corrected chi connectivity index (χ1v) is 7.81. The van der Waals surface area contributed by atoms with Crippen LogP contribution in [0.3, 0.4) is 0 Å². The number of rotatable bonds is 5. The molecule has 0 heterocycles. The second kappa shape index (κ2) is 8.67. The molecule has 2 aromatic carbocycles. The van der Waals surface area contributed by atoms with Gasteiger partial charge >= 0.3 is 5.97 Å². The van der Waals surface area contributed by atoms with Crippen LogP contribution in [0.15, 0.2) is 54.6 Å². The number of hydrogen-bond acceptors (Lipinski definition) is 4. The molecule has 1 N–H and O–H groups in total. The van der Waals surface area contributed by atoms with E-state index in [1.807, 2.05) is 6.07 Å². The van der Waals surface area contributed by atoms with Gasteiger partial charge in [-0.2, -0.15) is 5.26 Å². The van der Waals surface area contributed by atoms with Gasteiger partial charge in [0.15, 0.2) is 6.10 Å². The molecule has 0 spiro atoms. The highest BCUT2D eigenvalue weighted by Crippen LogP contribution is 2.12. The Morgan fingerprint density at radius 2 is 1.96 bits per heavy atom. The number of esters is 1. The Morgan fingerprint density at radius 3 is 2.64 bits per heavy atom. The van der Waals surface area contributed by atoms with Crippen LogP contribution in [0.5, 0.6) is 0 Å². The van der Waals surface area contributed by atoms with Gasteiger partial charge in [-0.1, -0.05) is 29.8 Å². The number of halogens is 1. The lowest BCUT2D eigenvalue weighted by Crippen LogP contribution is -2.29. The molecule has 0 aromatic heterocycles. The minimum absolute atomic E-state index is 0.424. The molecule has 0 saturated carbocycles. The maximum Gasteiger partial charge on any atom is 0.331 e. The molecule has 25 heavy (non-hydrogen) atoms. The number of carbonyl (C=O) groups excluding carboxylic acids is 2. The minimum Gasteiger partial charge on any atom is -0.449 e. The third-order valence-corrected chi connectivity index (χ3v) is 3.46. The van der Waals surface area contributed by atoms with E-state index in [9.17, 15) is 9.59 Å². The Hall–Kier alpha value is -3.10. The molecule has 0 bridgehead atoms. The van der Waals surface area contributed by atoms with Crippen LogP contribution in [0.1, 0.15) is 18.1 Å². The summed E-state index contributed by atoms with van der Waals surface area (Å²) in [5.74, 6) is -1.12. The standard InChI is InChI=1S/C19H15ClN2O3/c1-13(19(24)22-17-4-2-3-15(11-17)12-21)25-18(23)10-7-14-5-8-16(20)9-6-14/h2-11,13H,1H3,(H,22,24)/b10-7+/t13-/m1/s1. The lowest BCUT2D eigenvalue weighted by molar-refractivity contribution is -0.148. The summed E-state index contributed by atoms with van der Waals surface area (Å²) in [7, 11) is 0. The third kappa shape index (κ3) is 5.79. The van der Waals surface area contributed by atoms with E-state index >= 15 is 0 Å².